The van der Waals surface area contributed by atoms with E-state index < -0.39 is 0 Å². The topological polar surface area (TPSA) is 58.1 Å². The van der Waals surface area contributed by atoms with Crippen LogP contribution in [0.2, 0.25) is 0 Å². The highest BCUT2D eigenvalue weighted by Gasteiger charge is 2.18. The molecule has 0 saturated carbocycles. The lowest BCUT2D eigenvalue weighted by molar-refractivity contribution is 0.0949. The van der Waals surface area contributed by atoms with Crippen LogP contribution in [0.5, 0.6) is 0 Å². The maximum absolute atomic E-state index is 12.1. The second kappa shape index (κ2) is 7.90. The van der Waals surface area contributed by atoms with Crippen molar-refractivity contribution in [3.05, 3.63) is 54.0 Å². The monoisotopic (exact) mass is 324 g/mol. The third kappa shape index (κ3) is 4.31. The van der Waals surface area contributed by atoms with E-state index in [1.807, 2.05) is 18.2 Å². The zero-order chi connectivity index (χ0) is 16.8. The second-order valence-corrected chi connectivity index (χ2v) is 6.44. The number of anilines is 1. The van der Waals surface area contributed by atoms with Gasteiger partial charge in [0.05, 0.1) is 12.4 Å². The van der Waals surface area contributed by atoms with Crippen LogP contribution in [0.4, 0.5) is 5.82 Å². The van der Waals surface area contributed by atoms with E-state index in [0.717, 1.165) is 25.3 Å². The van der Waals surface area contributed by atoms with E-state index in [9.17, 15) is 4.79 Å². The highest BCUT2D eigenvalue weighted by atomic mass is 16.1. The quantitative estimate of drug-likeness (QED) is 0.919. The molecule has 0 bridgehead atoms. The van der Waals surface area contributed by atoms with E-state index in [1.165, 1.54) is 18.4 Å². The molecule has 5 nitrogen and oxygen atoms in total. The van der Waals surface area contributed by atoms with E-state index >= 15 is 0 Å². The Kier molecular flexibility index (Phi) is 5.41. The van der Waals surface area contributed by atoms with Gasteiger partial charge in [-0.05, 0) is 30.7 Å². The van der Waals surface area contributed by atoms with Crippen LogP contribution in [0.25, 0.3) is 0 Å². The third-order valence-corrected chi connectivity index (χ3v) is 4.39. The van der Waals surface area contributed by atoms with Crippen molar-refractivity contribution in [3.63, 3.8) is 0 Å². The highest BCUT2D eigenvalue weighted by molar-refractivity contribution is 5.92. The predicted molar refractivity (Wildman–Crippen MR) is 95.1 cm³/mol. The van der Waals surface area contributed by atoms with E-state index in [2.05, 4.69) is 39.2 Å². The van der Waals surface area contributed by atoms with E-state index in [4.69, 9.17) is 0 Å². The van der Waals surface area contributed by atoms with E-state index in [-0.39, 0.29) is 5.91 Å². The number of hydrogen-bond acceptors (Lipinski definition) is 4. The summed E-state index contributed by atoms with van der Waals surface area (Å²) >= 11 is 0. The largest absolute Gasteiger partial charge is 0.355 e. The maximum atomic E-state index is 12.1. The van der Waals surface area contributed by atoms with Gasteiger partial charge in [-0.1, -0.05) is 37.3 Å². The summed E-state index contributed by atoms with van der Waals surface area (Å²) in [4.78, 5) is 23.1. The number of piperidine rings is 1. The van der Waals surface area contributed by atoms with Gasteiger partial charge < -0.3 is 10.2 Å². The molecule has 2 heterocycles. The van der Waals surface area contributed by atoms with Gasteiger partial charge in [-0.3, -0.25) is 4.79 Å². The number of benzene rings is 1. The Morgan fingerprint density at radius 3 is 2.79 bits per heavy atom. The summed E-state index contributed by atoms with van der Waals surface area (Å²) in [6.45, 7) is 4.88. The lowest BCUT2D eigenvalue weighted by Gasteiger charge is -2.31. The van der Waals surface area contributed by atoms with Gasteiger partial charge in [0.15, 0.2) is 0 Å². The Morgan fingerprint density at radius 2 is 2.08 bits per heavy atom. The van der Waals surface area contributed by atoms with Crippen LogP contribution in [0.15, 0.2) is 42.7 Å². The van der Waals surface area contributed by atoms with Gasteiger partial charge >= 0.3 is 0 Å². The van der Waals surface area contributed by atoms with Crippen molar-refractivity contribution in [2.24, 2.45) is 5.92 Å². The predicted octanol–water partition coefficient (Wildman–Crippen LogP) is 2.69. The molecule has 1 fully saturated rings. The Balaban J connectivity index is 1.52. The molecule has 1 saturated heterocycles. The summed E-state index contributed by atoms with van der Waals surface area (Å²) in [6, 6.07) is 10.1. The summed E-state index contributed by atoms with van der Waals surface area (Å²) < 4.78 is 0. The second-order valence-electron chi connectivity index (χ2n) is 6.44. The van der Waals surface area contributed by atoms with Gasteiger partial charge in [0.1, 0.15) is 11.5 Å². The molecular weight excluding hydrogens is 300 g/mol. The first-order chi connectivity index (χ1) is 11.7. The molecule has 5 heteroatoms. The molecule has 0 radical (unpaired) electrons. The number of aromatic nitrogens is 2. The molecule has 3 rings (SSSR count). The SMILES string of the molecule is CC1CCCN(c2cnc(C(=O)NCCc3ccccc3)cn2)C1. The zero-order valence-corrected chi connectivity index (χ0v) is 14.1. The summed E-state index contributed by atoms with van der Waals surface area (Å²) in [7, 11) is 0. The number of carbonyl (C=O) groups excluding carboxylic acids is 1. The van der Waals surface area contributed by atoms with Crippen molar-refractivity contribution in [2.75, 3.05) is 24.5 Å². The number of nitrogens with one attached hydrogen (secondary N) is 1. The number of hydrogen-bond donors (Lipinski definition) is 1. The summed E-state index contributed by atoms with van der Waals surface area (Å²) in [5.41, 5.74) is 1.58. The van der Waals surface area contributed by atoms with Crippen molar-refractivity contribution in [3.8, 4) is 0 Å². The van der Waals surface area contributed by atoms with Crippen LogP contribution >= 0.6 is 0 Å². The fraction of sp³-hybridized carbons (Fsp3) is 0.421. The minimum atomic E-state index is -0.169. The van der Waals surface area contributed by atoms with Crippen molar-refractivity contribution in [1.82, 2.24) is 15.3 Å². The van der Waals surface area contributed by atoms with Gasteiger partial charge in [0.25, 0.3) is 5.91 Å². The van der Waals surface area contributed by atoms with Crippen LogP contribution < -0.4 is 10.2 Å². The molecule has 1 aliphatic rings. The smallest absolute Gasteiger partial charge is 0.271 e. The van der Waals surface area contributed by atoms with Gasteiger partial charge in [-0.2, -0.15) is 0 Å². The fourth-order valence-corrected chi connectivity index (χ4v) is 3.05. The molecule has 1 aromatic carbocycles. The molecule has 1 aromatic heterocycles. The van der Waals surface area contributed by atoms with Crippen molar-refractivity contribution in [2.45, 2.75) is 26.2 Å². The van der Waals surface area contributed by atoms with Crippen LogP contribution in [0.3, 0.4) is 0 Å². The Labute approximate surface area is 143 Å². The summed E-state index contributed by atoms with van der Waals surface area (Å²) in [6.07, 6.45) is 6.55. The first-order valence-electron chi connectivity index (χ1n) is 8.61. The Morgan fingerprint density at radius 1 is 1.25 bits per heavy atom. The number of amides is 1. The first-order valence-corrected chi connectivity index (χ1v) is 8.61. The molecule has 1 unspecified atom stereocenters. The molecule has 2 aromatic rings. The summed E-state index contributed by atoms with van der Waals surface area (Å²) in [5.74, 6) is 1.38. The average Bonchev–Trinajstić information content (AvgIpc) is 2.63. The lowest BCUT2D eigenvalue weighted by Crippen LogP contribution is -2.35. The highest BCUT2D eigenvalue weighted by Crippen LogP contribution is 2.20. The number of rotatable bonds is 5. The molecule has 126 valence electrons. The minimum absolute atomic E-state index is 0.169. The number of carbonyl (C=O) groups is 1. The zero-order valence-electron chi connectivity index (χ0n) is 14.1. The minimum Gasteiger partial charge on any atom is -0.355 e. The van der Waals surface area contributed by atoms with Gasteiger partial charge in [0.2, 0.25) is 0 Å². The van der Waals surface area contributed by atoms with Crippen LogP contribution in [-0.4, -0.2) is 35.5 Å². The van der Waals surface area contributed by atoms with Crippen molar-refractivity contribution >= 4 is 11.7 Å². The summed E-state index contributed by atoms with van der Waals surface area (Å²) in [5, 5.41) is 2.90. The van der Waals surface area contributed by atoms with Crippen LogP contribution in [0.1, 0.15) is 35.8 Å². The van der Waals surface area contributed by atoms with Crippen LogP contribution in [-0.2, 0) is 6.42 Å². The number of nitrogens with zero attached hydrogens (tertiary/aromatic N) is 3. The molecule has 0 aliphatic carbocycles. The van der Waals surface area contributed by atoms with Crippen molar-refractivity contribution in [1.29, 1.82) is 0 Å². The normalized spacial score (nSPS) is 17.5. The standard InChI is InChI=1S/C19H24N4O/c1-15-6-5-11-23(14-15)18-13-21-17(12-22-18)19(24)20-10-9-16-7-3-2-4-8-16/h2-4,7-8,12-13,15H,5-6,9-11,14H2,1H3,(H,20,24). The molecule has 1 amide bonds. The molecular formula is C19H24N4O. The van der Waals surface area contributed by atoms with Gasteiger partial charge in [-0.25, -0.2) is 9.97 Å². The molecule has 0 spiro atoms. The van der Waals surface area contributed by atoms with Crippen LogP contribution in [0, 0.1) is 5.92 Å². The maximum Gasteiger partial charge on any atom is 0.271 e. The third-order valence-electron chi connectivity index (χ3n) is 4.39. The average molecular weight is 324 g/mol. The first kappa shape index (κ1) is 16.4. The van der Waals surface area contributed by atoms with Gasteiger partial charge in [-0.15, -0.1) is 0 Å². The van der Waals surface area contributed by atoms with E-state index in [1.54, 1.807) is 12.4 Å². The van der Waals surface area contributed by atoms with Crippen molar-refractivity contribution < 1.29 is 4.79 Å². The lowest BCUT2D eigenvalue weighted by atomic mass is 10.0. The van der Waals surface area contributed by atoms with Gasteiger partial charge in [0, 0.05) is 19.6 Å². The molecule has 1 atom stereocenters. The molecule has 24 heavy (non-hydrogen) atoms. The fourth-order valence-electron chi connectivity index (χ4n) is 3.05. The Bertz CT molecular complexity index is 657. The molecule has 1 N–H and O–H groups in total. The molecule has 1 aliphatic heterocycles. The van der Waals surface area contributed by atoms with E-state index in [0.29, 0.717) is 18.2 Å². The Hall–Kier alpha value is -2.43.